The fourth-order valence-corrected chi connectivity index (χ4v) is 4.24. The zero-order valence-corrected chi connectivity index (χ0v) is 14.1. The minimum absolute atomic E-state index is 0.287. The van der Waals surface area contributed by atoms with Crippen LogP contribution < -0.4 is 0 Å². The Morgan fingerprint density at radius 3 is 2.38 bits per heavy atom. The quantitative estimate of drug-likeness (QED) is 0.869. The molecule has 0 N–H and O–H groups in total. The molecule has 2 aliphatic rings. The summed E-state index contributed by atoms with van der Waals surface area (Å²) in [5.41, 5.74) is 1.83. The summed E-state index contributed by atoms with van der Waals surface area (Å²) in [6.07, 6.45) is 14.7. The highest BCUT2D eigenvalue weighted by molar-refractivity contribution is 5.29. The highest BCUT2D eigenvalue weighted by Gasteiger charge is 2.47. The van der Waals surface area contributed by atoms with Crippen molar-refractivity contribution in [3.05, 3.63) is 54.4 Å². The van der Waals surface area contributed by atoms with Gasteiger partial charge in [-0.05, 0) is 44.2 Å². The van der Waals surface area contributed by atoms with E-state index in [-0.39, 0.29) is 5.54 Å². The Morgan fingerprint density at radius 1 is 0.792 bits per heavy atom. The van der Waals surface area contributed by atoms with Crippen molar-refractivity contribution >= 4 is 0 Å². The summed E-state index contributed by atoms with van der Waals surface area (Å²) in [6.45, 7) is 3.33. The minimum Gasteiger partial charge on any atom is -0.261 e. The van der Waals surface area contributed by atoms with Gasteiger partial charge < -0.3 is 0 Å². The standard InChI is InChI=1S/C19H25N5/c1-5-13-23(14-6-1)24-15-7-3-9-19(24,17-8-2-4-10-21-17)18-16-20-11-12-22-18/h2,4,8,10-12,16H,1,3,5-7,9,13-15H2. The lowest BCUT2D eigenvalue weighted by Crippen LogP contribution is -2.60. The number of hydrazine groups is 1. The van der Waals surface area contributed by atoms with E-state index in [1.165, 1.54) is 32.1 Å². The number of aromatic nitrogens is 3. The molecule has 0 spiro atoms. The smallest absolute Gasteiger partial charge is 0.121 e. The van der Waals surface area contributed by atoms with Crippen molar-refractivity contribution in [1.29, 1.82) is 0 Å². The lowest BCUT2D eigenvalue weighted by atomic mass is 9.81. The van der Waals surface area contributed by atoms with Crippen LogP contribution in [0.5, 0.6) is 0 Å². The van der Waals surface area contributed by atoms with Crippen molar-refractivity contribution in [2.75, 3.05) is 19.6 Å². The topological polar surface area (TPSA) is 45.2 Å². The molecule has 0 bridgehead atoms. The summed E-state index contributed by atoms with van der Waals surface area (Å²) < 4.78 is 0. The van der Waals surface area contributed by atoms with Crippen LogP contribution in [0.25, 0.3) is 0 Å². The fraction of sp³-hybridized carbons (Fsp3) is 0.526. The van der Waals surface area contributed by atoms with Gasteiger partial charge in [0.15, 0.2) is 0 Å². The highest BCUT2D eigenvalue weighted by atomic mass is 15.7. The maximum atomic E-state index is 4.76. The van der Waals surface area contributed by atoms with E-state index in [2.05, 4.69) is 27.1 Å². The molecule has 24 heavy (non-hydrogen) atoms. The molecule has 0 saturated carbocycles. The van der Waals surface area contributed by atoms with Gasteiger partial charge in [0.1, 0.15) is 5.54 Å². The van der Waals surface area contributed by atoms with Crippen molar-refractivity contribution in [3.8, 4) is 0 Å². The Morgan fingerprint density at radius 2 is 1.62 bits per heavy atom. The second-order valence-corrected chi connectivity index (χ2v) is 6.76. The second kappa shape index (κ2) is 6.95. The first-order valence-corrected chi connectivity index (χ1v) is 9.12. The molecule has 2 aliphatic heterocycles. The van der Waals surface area contributed by atoms with Gasteiger partial charge >= 0.3 is 0 Å². The average Bonchev–Trinajstić information content (AvgIpc) is 2.70. The molecular formula is C19H25N5. The van der Waals surface area contributed by atoms with Gasteiger partial charge in [0, 0.05) is 38.2 Å². The highest BCUT2D eigenvalue weighted by Crippen LogP contribution is 2.42. The fourth-order valence-electron chi connectivity index (χ4n) is 4.24. The van der Waals surface area contributed by atoms with Crippen LogP contribution in [0.15, 0.2) is 43.0 Å². The molecule has 126 valence electrons. The van der Waals surface area contributed by atoms with E-state index < -0.39 is 0 Å². The molecule has 0 aromatic carbocycles. The third kappa shape index (κ3) is 2.72. The van der Waals surface area contributed by atoms with Gasteiger partial charge in [-0.3, -0.25) is 15.0 Å². The molecule has 2 aromatic heterocycles. The van der Waals surface area contributed by atoms with E-state index in [1.54, 1.807) is 6.20 Å². The molecule has 2 aromatic rings. The third-order valence-corrected chi connectivity index (χ3v) is 5.35. The zero-order valence-electron chi connectivity index (χ0n) is 14.1. The molecule has 0 aliphatic carbocycles. The Balaban J connectivity index is 1.83. The van der Waals surface area contributed by atoms with E-state index in [1.807, 2.05) is 24.7 Å². The van der Waals surface area contributed by atoms with Crippen molar-refractivity contribution in [2.45, 2.75) is 44.1 Å². The van der Waals surface area contributed by atoms with Gasteiger partial charge in [-0.15, -0.1) is 0 Å². The van der Waals surface area contributed by atoms with Crippen molar-refractivity contribution in [1.82, 2.24) is 25.0 Å². The molecule has 1 unspecified atom stereocenters. The molecule has 4 heterocycles. The first-order valence-electron chi connectivity index (χ1n) is 9.12. The maximum Gasteiger partial charge on any atom is 0.121 e. The summed E-state index contributed by atoms with van der Waals surface area (Å²) in [7, 11) is 0. The molecular weight excluding hydrogens is 298 g/mol. The molecule has 1 atom stereocenters. The van der Waals surface area contributed by atoms with Crippen LogP contribution in [0.2, 0.25) is 0 Å². The summed E-state index contributed by atoms with van der Waals surface area (Å²) in [5.74, 6) is 0. The van der Waals surface area contributed by atoms with Gasteiger partial charge in [-0.1, -0.05) is 12.5 Å². The van der Waals surface area contributed by atoms with Crippen LogP contribution in [-0.4, -0.2) is 44.6 Å². The second-order valence-electron chi connectivity index (χ2n) is 6.76. The molecule has 4 rings (SSSR count). The van der Waals surface area contributed by atoms with Gasteiger partial charge in [0.2, 0.25) is 0 Å². The largest absolute Gasteiger partial charge is 0.261 e. The summed E-state index contributed by atoms with van der Waals surface area (Å²) >= 11 is 0. The van der Waals surface area contributed by atoms with Gasteiger partial charge in [-0.2, -0.15) is 0 Å². The van der Waals surface area contributed by atoms with Crippen LogP contribution in [0.4, 0.5) is 0 Å². The summed E-state index contributed by atoms with van der Waals surface area (Å²) in [4.78, 5) is 13.9. The lowest BCUT2D eigenvalue weighted by molar-refractivity contribution is -0.129. The Bertz CT molecular complexity index is 600. The third-order valence-electron chi connectivity index (χ3n) is 5.35. The van der Waals surface area contributed by atoms with Crippen molar-refractivity contribution < 1.29 is 0 Å². The SMILES string of the molecule is c1ccc(C2(c3cnccn3)CCCCN2N2CCCCC2)nc1. The molecule has 0 amide bonds. The normalized spacial score (nSPS) is 26.3. The number of rotatable bonds is 3. The van der Waals surface area contributed by atoms with Crippen LogP contribution >= 0.6 is 0 Å². The molecule has 5 nitrogen and oxygen atoms in total. The molecule has 2 fully saturated rings. The Hall–Kier alpha value is -1.85. The van der Waals surface area contributed by atoms with E-state index in [0.29, 0.717) is 0 Å². The van der Waals surface area contributed by atoms with E-state index in [4.69, 9.17) is 9.97 Å². The van der Waals surface area contributed by atoms with Gasteiger partial charge in [-0.25, -0.2) is 10.0 Å². The Kier molecular flexibility index (Phi) is 4.54. The van der Waals surface area contributed by atoms with Gasteiger partial charge in [0.05, 0.1) is 17.6 Å². The van der Waals surface area contributed by atoms with Crippen LogP contribution in [0.1, 0.15) is 49.9 Å². The molecule has 5 heteroatoms. The predicted octanol–water partition coefficient (Wildman–Crippen LogP) is 3.00. The van der Waals surface area contributed by atoms with Crippen LogP contribution in [0.3, 0.4) is 0 Å². The number of pyridine rings is 1. The first-order chi connectivity index (χ1) is 11.9. The number of nitrogens with zero attached hydrogens (tertiary/aromatic N) is 5. The predicted molar refractivity (Wildman–Crippen MR) is 93.0 cm³/mol. The summed E-state index contributed by atoms with van der Waals surface area (Å²) in [5, 5.41) is 5.11. The first kappa shape index (κ1) is 15.7. The molecule has 2 saturated heterocycles. The monoisotopic (exact) mass is 323 g/mol. The number of hydrogen-bond donors (Lipinski definition) is 0. The van der Waals surface area contributed by atoms with Gasteiger partial charge in [0.25, 0.3) is 0 Å². The zero-order chi connectivity index (χ0) is 16.2. The van der Waals surface area contributed by atoms with E-state index >= 15 is 0 Å². The average molecular weight is 323 g/mol. The number of hydrogen-bond acceptors (Lipinski definition) is 5. The van der Waals surface area contributed by atoms with E-state index in [0.717, 1.165) is 37.4 Å². The Labute approximate surface area is 143 Å². The van der Waals surface area contributed by atoms with Crippen LogP contribution in [-0.2, 0) is 5.54 Å². The minimum atomic E-state index is -0.287. The lowest BCUT2D eigenvalue weighted by Gasteiger charge is -2.52. The maximum absolute atomic E-state index is 4.76. The number of piperidine rings is 2. The van der Waals surface area contributed by atoms with E-state index in [9.17, 15) is 0 Å². The van der Waals surface area contributed by atoms with Crippen LogP contribution in [0, 0.1) is 0 Å². The molecule has 0 radical (unpaired) electrons. The van der Waals surface area contributed by atoms with Crippen molar-refractivity contribution in [2.24, 2.45) is 0 Å². The van der Waals surface area contributed by atoms with Crippen molar-refractivity contribution in [3.63, 3.8) is 0 Å². The summed E-state index contributed by atoms with van der Waals surface area (Å²) in [6, 6.07) is 6.22.